The number of halogens is 1. The van der Waals surface area contributed by atoms with Crippen LogP contribution in [0.2, 0.25) is 0 Å². The van der Waals surface area contributed by atoms with Crippen molar-refractivity contribution in [2.45, 2.75) is 50.3 Å². The minimum Gasteiger partial charge on any atom is -0.497 e. The molecule has 5 nitrogen and oxygen atoms in total. The van der Waals surface area contributed by atoms with Gasteiger partial charge in [-0.05, 0) is 89.2 Å². The molecule has 1 saturated heterocycles. The van der Waals surface area contributed by atoms with E-state index < -0.39 is 16.2 Å². The summed E-state index contributed by atoms with van der Waals surface area (Å²) in [6.07, 6.45) is 5.94. The van der Waals surface area contributed by atoms with Crippen molar-refractivity contribution in [3.8, 4) is 11.5 Å². The second-order valence-electron chi connectivity index (χ2n) is 10.9. The zero-order valence-corrected chi connectivity index (χ0v) is 28.7. The second-order valence-corrected chi connectivity index (χ2v) is 15.6. The maximum atomic E-state index is 6.78. The molecule has 1 aromatic heterocycles. The monoisotopic (exact) mass is 726 g/mol. The molecule has 4 aromatic carbocycles. The second kappa shape index (κ2) is 14.1. The Morgan fingerprint density at radius 1 is 0.767 bits per heavy atom. The molecule has 6 rings (SSSR count). The van der Waals surface area contributed by atoms with Crippen molar-refractivity contribution >= 4 is 60.7 Å². The molecule has 0 bridgehead atoms. The number of ether oxygens (including phenoxy) is 2. The van der Waals surface area contributed by atoms with Crippen LogP contribution in [0.3, 0.4) is 0 Å². The number of hydrogen-bond donors (Lipinski definition) is 0. The van der Waals surface area contributed by atoms with Gasteiger partial charge in [-0.2, -0.15) is 0 Å². The Hall–Kier alpha value is -2.50. The average Bonchev–Trinajstić information content (AvgIpc) is 3.40. The van der Waals surface area contributed by atoms with E-state index in [9.17, 15) is 0 Å². The topological polar surface area (TPSA) is 54.0 Å². The lowest BCUT2D eigenvalue weighted by atomic mass is 10.0. The van der Waals surface area contributed by atoms with Crippen LogP contribution < -0.4 is 14.0 Å². The molecular formula is C35H37IO5P2. The molecular weight excluding hydrogens is 689 g/mol. The molecule has 0 N–H and O–H groups in total. The molecule has 8 heteroatoms. The molecule has 0 saturated carbocycles. The molecule has 224 valence electrons. The SMILES string of the molecule is CCCCc1cc(OC)cc2c1op(OCP1[C@@H](c3ccccc3)CC[C@H]1c1ccccc1)oc1c(I)cc(OC)cc12. The maximum Gasteiger partial charge on any atom is 0.387 e. The Morgan fingerprint density at radius 3 is 1.91 bits per heavy atom. The number of unbranched alkanes of at least 4 members (excludes halogenated alkanes) is 1. The highest BCUT2D eigenvalue weighted by Gasteiger charge is 2.38. The van der Waals surface area contributed by atoms with Crippen LogP contribution in [0.1, 0.15) is 60.6 Å². The minimum atomic E-state index is -1.71. The number of benzene rings is 4. The van der Waals surface area contributed by atoms with E-state index in [4.69, 9.17) is 22.4 Å². The first-order chi connectivity index (χ1) is 21.1. The van der Waals surface area contributed by atoms with Gasteiger partial charge in [-0.15, -0.1) is 0 Å². The molecule has 2 heterocycles. The molecule has 4 atom stereocenters. The van der Waals surface area contributed by atoms with Crippen molar-refractivity contribution < 1.29 is 22.4 Å². The van der Waals surface area contributed by atoms with Crippen LogP contribution in [-0.2, 0) is 6.42 Å². The Kier molecular flexibility index (Phi) is 9.99. The third-order valence-corrected chi connectivity index (χ3v) is 13.4. The zero-order valence-electron chi connectivity index (χ0n) is 24.8. The van der Waals surface area contributed by atoms with Gasteiger partial charge in [0, 0.05) is 22.1 Å². The molecule has 1 aliphatic heterocycles. The van der Waals surface area contributed by atoms with Crippen molar-refractivity contribution in [1.82, 2.24) is 0 Å². The third kappa shape index (κ3) is 6.63. The van der Waals surface area contributed by atoms with Crippen molar-refractivity contribution in [2.75, 3.05) is 20.6 Å². The number of rotatable bonds is 10. The molecule has 0 aliphatic carbocycles. The van der Waals surface area contributed by atoms with Gasteiger partial charge in [0.2, 0.25) is 0 Å². The molecule has 1 aliphatic rings. The summed E-state index contributed by atoms with van der Waals surface area (Å²) in [5.74, 6) is 1.57. The van der Waals surface area contributed by atoms with Crippen LogP contribution in [0, 0.1) is 3.57 Å². The quantitative estimate of drug-likeness (QED) is 0.106. The standard InChI is InChI=1S/C35H37IO5P2/c1-4-5-12-26-19-27(37-2)20-29-30-21-28(38-3)22-31(36)35(30)41-43(40-34(26)29)39-23-42-32(24-13-8-6-9-14-24)17-18-33(42)25-15-10-7-11-16-25/h6-11,13-16,19-22,32-33H,4-5,12,17-18,23H2,1-3H3/t32-,33+,42?,43?. The Labute approximate surface area is 269 Å². The molecule has 2 unspecified atom stereocenters. The summed E-state index contributed by atoms with van der Waals surface area (Å²) in [7, 11) is 1.15. The summed E-state index contributed by atoms with van der Waals surface area (Å²) in [5.41, 5.74) is 6.43. The molecule has 0 radical (unpaired) electrons. The summed E-state index contributed by atoms with van der Waals surface area (Å²) >= 11 is 2.32. The lowest BCUT2D eigenvalue weighted by Crippen LogP contribution is -2.02. The summed E-state index contributed by atoms with van der Waals surface area (Å²) in [6, 6.07) is 30.0. The largest absolute Gasteiger partial charge is 0.497 e. The van der Waals surface area contributed by atoms with E-state index in [1.807, 2.05) is 18.2 Å². The van der Waals surface area contributed by atoms with E-state index in [0.717, 1.165) is 74.7 Å². The molecule has 43 heavy (non-hydrogen) atoms. The highest BCUT2D eigenvalue weighted by Crippen LogP contribution is 2.70. The smallest absolute Gasteiger partial charge is 0.387 e. The molecule has 5 aromatic rings. The van der Waals surface area contributed by atoms with Crippen LogP contribution in [0.4, 0.5) is 0 Å². The fraction of sp³-hybridized carbons (Fsp3) is 0.314. The summed E-state index contributed by atoms with van der Waals surface area (Å²) in [6.45, 7) is 2.21. The van der Waals surface area contributed by atoms with Gasteiger partial charge in [0.05, 0.1) is 24.1 Å². The van der Waals surface area contributed by atoms with Crippen molar-refractivity contribution in [2.24, 2.45) is 0 Å². The van der Waals surface area contributed by atoms with E-state index in [1.165, 1.54) is 11.1 Å². The van der Waals surface area contributed by atoms with E-state index in [-0.39, 0.29) is 0 Å². The normalized spacial score (nSPS) is 18.7. The van der Waals surface area contributed by atoms with Crippen molar-refractivity contribution in [3.63, 3.8) is 0 Å². The third-order valence-electron chi connectivity index (χ3n) is 8.24. The number of aryl methyl sites for hydroxylation is 1. The first-order valence-corrected chi connectivity index (χ1v) is 18.7. The van der Waals surface area contributed by atoms with Crippen LogP contribution in [0.5, 0.6) is 11.5 Å². The van der Waals surface area contributed by atoms with Gasteiger partial charge >= 0.3 is 8.24 Å². The van der Waals surface area contributed by atoms with Crippen LogP contribution in [-0.4, -0.2) is 20.6 Å². The Bertz CT molecular complexity index is 1680. The van der Waals surface area contributed by atoms with Gasteiger partial charge < -0.3 is 17.9 Å². The maximum absolute atomic E-state index is 6.78. The minimum absolute atomic E-state index is 0.469. The van der Waals surface area contributed by atoms with E-state index in [0.29, 0.717) is 17.7 Å². The van der Waals surface area contributed by atoms with Gasteiger partial charge in [0.25, 0.3) is 0 Å². The molecule has 1 fully saturated rings. The molecule has 0 spiro atoms. The van der Waals surface area contributed by atoms with Crippen molar-refractivity contribution in [1.29, 1.82) is 0 Å². The summed E-state index contributed by atoms with van der Waals surface area (Å²) in [4.78, 5) is 0. The summed E-state index contributed by atoms with van der Waals surface area (Å²) in [5, 5.41) is 1.88. The van der Waals surface area contributed by atoms with E-state index in [1.54, 1.807) is 14.2 Å². The van der Waals surface area contributed by atoms with Gasteiger partial charge in [0.1, 0.15) is 17.1 Å². The predicted octanol–water partition coefficient (Wildman–Crippen LogP) is 11.4. The average molecular weight is 727 g/mol. The first kappa shape index (κ1) is 30.5. The fourth-order valence-corrected chi connectivity index (χ4v) is 11.6. The highest BCUT2D eigenvalue weighted by molar-refractivity contribution is 14.1. The molecule has 0 amide bonds. The van der Waals surface area contributed by atoms with Gasteiger partial charge in [0.15, 0.2) is 5.58 Å². The zero-order chi connectivity index (χ0) is 29.8. The van der Waals surface area contributed by atoms with Crippen LogP contribution >= 0.6 is 38.8 Å². The Balaban J connectivity index is 1.47. The van der Waals surface area contributed by atoms with Crippen molar-refractivity contribution in [3.05, 3.63) is 105 Å². The number of hydrogen-bond acceptors (Lipinski definition) is 5. The van der Waals surface area contributed by atoms with E-state index in [2.05, 4.69) is 96.2 Å². The van der Waals surface area contributed by atoms with Crippen LogP contribution in [0.25, 0.3) is 21.9 Å². The lowest BCUT2D eigenvalue weighted by Gasteiger charge is -2.25. The van der Waals surface area contributed by atoms with Crippen LogP contribution in [0.15, 0.2) is 93.3 Å². The fourth-order valence-electron chi connectivity index (χ4n) is 6.06. The number of fused-ring (bicyclic) bond motifs is 3. The highest BCUT2D eigenvalue weighted by atomic mass is 127. The summed E-state index contributed by atoms with van der Waals surface area (Å²) < 4.78 is 32.6. The Morgan fingerprint density at radius 2 is 1.33 bits per heavy atom. The lowest BCUT2D eigenvalue weighted by molar-refractivity contribution is 0.414. The van der Waals surface area contributed by atoms with Gasteiger partial charge in [-0.1, -0.05) is 81.9 Å². The predicted molar refractivity (Wildman–Crippen MR) is 187 cm³/mol. The first-order valence-electron chi connectivity index (χ1n) is 14.8. The van der Waals surface area contributed by atoms with Gasteiger partial charge in [-0.3, -0.25) is 4.52 Å². The van der Waals surface area contributed by atoms with Gasteiger partial charge in [-0.25, -0.2) is 0 Å². The van der Waals surface area contributed by atoms with E-state index >= 15 is 0 Å². The number of methoxy groups -OCH3 is 2.